The number of ether oxygens (including phenoxy) is 8. The van der Waals surface area contributed by atoms with Crippen LogP contribution in [0.15, 0.2) is 66.9 Å². The van der Waals surface area contributed by atoms with E-state index in [0.29, 0.717) is 117 Å². The van der Waals surface area contributed by atoms with Crippen LogP contribution in [0.1, 0.15) is 123 Å². The normalized spacial score (nSPS) is 13.5. The number of hydrogen-bond acceptors (Lipinski definition) is 18. The molecule has 1 aromatic heterocycles. The summed E-state index contributed by atoms with van der Waals surface area (Å²) in [5.41, 5.74) is 5.67. The van der Waals surface area contributed by atoms with Gasteiger partial charge in [0.05, 0.1) is 111 Å². The number of aliphatic hydroxyl groups is 1. The highest BCUT2D eigenvalue weighted by Gasteiger charge is 2.39. The molecular weight excluding hydrogens is 1200 g/mol. The summed E-state index contributed by atoms with van der Waals surface area (Å²) in [6, 6.07) is 11.8. The standard InChI is InChI=1S/C67H98F2N6O17/c1-49(2)55(45-54(78)23-28-86-30-32-88-34-36-90-38-40-92-42-41-91-39-37-89-35-33-87-31-29-85-27-11-16-53(77)22-26-74-61(81)20-21-62(74)82)59(79)43-51(15-9-10-17-60(70)80)66(84)71-24-12-25-75(63(83)48-76)64(67(3,4)5)65-72-58(56-44-52(68)18-19-57(56)69)47-73(65)46-50-13-7-6-8-14-50/h6-8,13-14,18-21,44,47,49,51,55,64,76H,9-12,15-17,22-43,45-46,48H2,1-5H3,(H2,70,80)(H,71,84)/t51-,55+,64+/m1/s1. The molecule has 512 valence electrons. The number of ketones is 3. The molecule has 0 spiro atoms. The Morgan fingerprint density at radius 3 is 1.75 bits per heavy atom. The number of unbranched alkanes of at least 4 members (excludes halogenated alkanes) is 1. The van der Waals surface area contributed by atoms with Gasteiger partial charge in [0.1, 0.15) is 41.4 Å². The fraction of sp³-hybridized carbons (Fsp3) is 0.627. The number of nitrogens with two attached hydrogens (primary N) is 1. The van der Waals surface area contributed by atoms with Crippen LogP contribution in [0.4, 0.5) is 8.78 Å². The first-order valence-corrected chi connectivity index (χ1v) is 31.9. The summed E-state index contributed by atoms with van der Waals surface area (Å²) in [6.07, 6.45) is 6.43. The van der Waals surface area contributed by atoms with Crippen molar-refractivity contribution in [3.05, 3.63) is 89.9 Å². The van der Waals surface area contributed by atoms with Gasteiger partial charge in [0.25, 0.3) is 11.8 Å². The van der Waals surface area contributed by atoms with Gasteiger partial charge in [0.2, 0.25) is 17.7 Å². The Morgan fingerprint density at radius 1 is 0.663 bits per heavy atom. The number of Topliss-reactive ketones (excluding diaryl/α,β-unsaturated/α-hetero) is 3. The number of carbonyl (C=O) groups is 8. The third-order valence-electron chi connectivity index (χ3n) is 15.0. The fourth-order valence-electron chi connectivity index (χ4n) is 10.2. The van der Waals surface area contributed by atoms with Crippen molar-refractivity contribution in [3.63, 3.8) is 0 Å². The van der Waals surface area contributed by atoms with Crippen molar-refractivity contribution in [2.24, 2.45) is 28.9 Å². The van der Waals surface area contributed by atoms with Crippen LogP contribution in [0.5, 0.6) is 0 Å². The lowest BCUT2D eigenvalue weighted by molar-refractivity contribution is -0.140. The Bertz CT molecular complexity index is 2740. The van der Waals surface area contributed by atoms with E-state index in [-0.39, 0.29) is 125 Å². The van der Waals surface area contributed by atoms with Gasteiger partial charge in [-0.3, -0.25) is 43.3 Å². The molecule has 23 nitrogen and oxygen atoms in total. The largest absolute Gasteiger partial charge is 0.387 e. The molecule has 1 aliphatic heterocycles. The minimum absolute atomic E-state index is 0.0219. The second kappa shape index (κ2) is 44.1. The van der Waals surface area contributed by atoms with E-state index in [0.717, 1.165) is 28.7 Å². The maximum absolute atomic E-state index is 15.2. The molecule has 0 saturated heterocycles. The number of hydrogen-bond donors (Lipinski definition) is 3. The Kier molecular flexibility index (Phi) is 37.4. The zero-order valence-electron chi connectivity index (χ0n) is 54.4. The maximum Gasteiger partial charge on any atom is 0.253 e. The van der Waals surface area contributed by atoms with Crippen LogP contribution < -0.4 is 11.1 Å². The average molecular weight is 1300 g/mol. The van der Waals surface area contributed by atoms with Crippen molar-refractivity contribution in [1.82, 2.24) is 24.7 Å². The molecule has 5 amide bonds. The van der Waals surface area contributed by atoms with Gasteiger partial charge in [-0.05, 0) is 60.8 Å². The first-order valence-electron chi connectivity index (χ1n) is 31.9. The van der Waals surface area contributed by atoms with E-state index in [2.05, 4.69) is 5.32 Å². The van der Waals surface area contributed by atoms with Crippen LogP contribution in [0, 0.1) is 34.8 Å². The summed E-state index contributed by atoms with van der Waals surface area (Å²) in [7, 11) is 0. The maximum atomic E-state index is 15.2. The molecule has 2 aromatic carbocycles. The van der Waals surface area contributed by atoms with Gasteiger partial charge in [-0.25, -0.2) is 13.8 Å². The molecule has 0 fully saturated rings. The number of carbonyl (C=O) groups excluding carboxylic acids is 8. The minimum Gasteiger partial charge on any atom is -0.387 e. The van der Waals surface area contributed by atoms with E-state index >= 15 is 4.39 Å². The number of benzene rings is 2. The molecule has 0 radical (unpaired) electrons. The van der Waals surface area contributed by atoms with Crippen LogP contribution in [-0.4, -0.2) is 203 Å². The molecule has 0 unspecified atom stereocenters. The van der Waals surface area contributed by atoms with Crippen LogP contribution >= 0.6 is 0 Å². The van der Waals surface area contributed by atoms with Gasteiger partial charge in [-0.2, -0.15) is 0 Å². The zero-order chi connectivity index (χ0) is 67.1. The Balaban J connectivity index is 1.08. The number of nitrogens with one attached hydrogen (secondary N) is 1. The molecule has 0 saturated carbocycles. The van der Waals surface area contributed by atoms with Crippen LogP contribution in [0.2, 0.25) is 0 Å². The van der Waals surface area contributed by atoms with Crippen LogP contribution in [-0.2, 0) is 82.8 Å². The summed E-state index contributed by atoms with van der Waals surface area (Å²) in [4.78, 5) is 109. The lowest BCUT2D eigenvalue weighted by atomic mass is 9.81. The van der Waals surface area contributed by atoms with Crippen LogP contribution in [0.3, 0.4) is 0 Å². The van der Waals surface area contributed by atoms with Crippen molar-refractivity contribution in [2.75, 3.05) is 132 Å². The molecule has 0 bridgehead atoms. The summed E-state index contributed by atoms with van der Waals surface area (Å²) in [5.74, 6) is -5.28. The second-order valence-corrected chi connectivity index (χ2v) is 23.8. The fourth-order valence-corrected chi connectivity index (χ4v) is 10.2. The third-order valence-corrected chi connectivity index (χ3v) is 15.0. The monoisotopic (exact) mass is 1300 g/mol. The quantitative estimate of drug-likeness (QED) is 0.0411. The summed E-state index contributed by atoms with van der Waals surface area (Å²) >= 11 is 0. The van der Waals surface area contributed by atoms with Gasteiger partial charge in [0.15, 0.2) is 0 Å². The van der Waals surface area contributed by atoms with Crippen LogP contribution in [0.25, 0.3) is 11.3 Å². The second-order valence-electron chi connectivity index (χ2n) is 23.8. The molecule has 1 aliphatic rings. The summed E-state index contributed by atoms with van der Waals surface area (Å²) < 4.78 is 75.8. The first kappa shape index (κ1) is 77.9. The lowest BCUT2D eigenvalue weighted by Gasteiger charge is -2.40. The zero-order valence-corrected chi connectivity index (χ0v) is 54.4. The van der Waals surface area contributed by atoms with E-state index in [1.165, 1.54) is 17.1 Å². The van der Waals surface area contributed by atoms with Crippen molar-refractivity contribution >= 4 is 46.9 Å². The van der Waals surface area contributed by atoms with E-state index in [1.54, 1.807) is 10.8 Å². The number of aromatic nitrogens is 2. The van der Waals surface area contributed by atoms with E-state index in [1.807, 2.05) is 65.0 Å². The predicted molar refractivity (Wildman–Crippen MR) is 336 cm³/mol. The summed E-state index contributed by atoms with van der Waals surface area (Å²) in [6.45, 7) is 14.9. The van der Waals surface area contributed by atoms with Gasteiger partial charge in [-0.15, -0.1) is 0 Å². The number of halogens is 2. The van der Waals surface area contributed by atoms with Gasteiger partial charge >= 0.3 is 0 Å². The molecule has 2 heterocycles. The number of nitrogens with zero attached hydrogens (tertiary/aromatic N) is 4. The van der Waals surface area contributed by atoms with Gasteiger partial charge in [-0.1, -0.05) is 71.4 Å². The number of imide groups is 1. The Labute approximate surface area is 539 Å². The van der Waals surface area contributed by atoms with E-state index < -0.39 is 71.1 Å². The molecule has 4 rings (SSSR count). The molecular formula is C67H98F2N6O17. The Morgan fingerprint density at radius 2 is 1.22 bits per heavy atom. The van der Waals surface area contributed by atoms with Crippen molar-refractivity contribution in [2.45, 2.75) is 118 Å². The van der Waals surface area contributed by atoms with Crippen molar-refractivity contribution < 1.29 is 90.1 Å². The number of aliphatic hydroxyl groups excluding tert-OH is 1. The number of primary amides is 1. The molecule has 3 atom stereocenters. The molecule has 3 aromatic rings. The Hall–Kier alpha value is -6.55. The SMILES string of the molecule is CC(C)[C@H](CC(=O)CCOCCOCCOCCOCCOCCOCCOCCOCCCC(=O)CCN1C(=O)C=CC1=O)C(=O)C[C@@H](CCCCC(N)=O)C(=O)NCCCN(C(=O)CO)[C@@H](c1nc(-c2cc(F)ccc2F)cn1Cc1ccccc1)C(C)(C)C. The van der Waals surface area contributed by atoms with Crippen molar-refractivity contribution in [3.8, 4) is 11.3 Å². The first-order chi connectivity index (χ1) is 44.2. The van der Waals surface area contributed by atoms with E-state index in [4.69, 9.17) is 48.6 Å². The minimum atomic E-state index is -0.828. The smallest absolute Gasteiger partial charge is 0.253 e. The predicted octanol–water partition coefficient (Wildman–Crippen LogP) is 6.33. The molecule has 4 N–H and O–H groups in total. The average Bonchev–Trinajstić information content (AvgIpc) is 1.58. The molecule has 92 heavy (non-hydrogen) atoms. The van der Waals surface area contributed by atoms with Gasteiger partial charge < -0.3 is 63.5 Å². The number of rotatable bonds is 53. The van der Waals surface area contributed by atoms with E-state index in [9.17, 15) is 47.9 Å². The highest BCUT2D eigenvalue weighted by atomic mass is 19.1. The molecule has 0 aliphatic carbocycles. The lowest BCUT2D eigenvalue weighted by Crippen LogP contribution is -2.45. The highest BCUT2D eigenvalue weighted by Crippen LogP contribution is 2.40. The number of imidazole rings is 1. The topological polar surface area (TPSA) is 293 Å². The number of amides is 5. The van der Waals surface area contributed by atoms with Crippen molar-refractivity contribution in [1.29, 1.82) is 0 Å². The third kappa shape index (κ3) is 30.5. The molecule has 25 heteroatoms. The summed E-state index contributed by atoms with van der Waals surface area (Å²) in [5, 5.41) is 13.2. The highest BCUT2D eigenvalue weighted by molar-refractivity contribution is 6.13. The van der Waals surface area contributed by atoms with Gasteiger partial charge in [0, 0.05) is 107 Å².